The molecule has 0 spiro atoms. The van der Waals surface area contributed by atoms with E-state index < -0.39 is 0 Å². The summed E-state index contributed by atoms with van der Waals surface area (Å²) >= 11 is 0. The zero-order valence-corrected chi connectivity index (χ0v) is 29.5. The molecule has 3 heterocycles. The fourth-order valence-electron chi connectivity index (χ4n) is 8.69. The van der Waals surface area contributed by atoms with Crippen LogP contribution in [-0.4, -0.2) is 13.7 Å². The van der Waals surface area contributed by atoms with Gasteiger partial charge in [-0.2, -0.15) is 5.26 Å². The lowest BCUT2D eigenvalue weighted by Gasteiger charge is -2.13. The molecule has 0 bridgehead atoms. The maximum atomic E-state index is 10.5. The van der Waals surface area contributed by atoms with Crippen LogP contribution in [0, 0.1) is 17.9 Å². The van der Waals surface area contributed by atoms with Crippen molar-refractivity contribution in [3.05, 3.63) is 193 Å². The van der Waals surface area contributed by atoms with Crippen molar-refractivity contribution in [2.75, 3.05) is 0 Å². The molecule has 55 heavy (non-hydrogen) atoms. The van der Waals surface area contributed by atoms with E-state index in [4.69, 9.17) is 6.57 Å². The van der Waals surface area contributed by atoms with Crippen LogP contribution in [0.15, 0.2) is 176 Å². The lowest BCUT2D eigenvalue weighted by atomic mass is 9.99. The minimum atomic E-state index is 0.599. The van der Waals surface area contributed by atoms with Gasteiger partial charge in [-0.1, -0.05) is 103 Å². The molecule has 0 unspecified atom stereocenters. The van der Waals surface area contributed by atoms with Gasteiger partial charge < -0.3 is 13.7 Å². The van der Waals surface area contributed by atoms with Crippen LogP contribution in [0.5, 0.6) is 0 Å². The lowest BCUT2D eigenvalue weighted by Crippen LogP contribution is -1.97. The molecular weight excluding hydrogens is 671 g/mol. The lowest BCUT2D eigenvalue weighted by molar-refractivity contribution is 1.15. The Balaban J connectivity index is 1.04. The normalized spacial score (nSPS) is 11.6. The summed E-state index contributed by atoms with van der Waals surface area (Å²) in [6.07, 6.45) is 0. The van der Waals surface area contributed by atoms with Crippen molar-refractivity contribution in [2.24, 2.45) is 0 Å². The maximum absolute atomic E-state index is 10.5. The SMILES string of the molecule is [C-]#[N+]c1ccc2c(c1)c1ccccc1n2-c1ccc(-c2ccc(-n3c4ccccc4c4ccc(-n5c6ccccc6c6ccccc65)cc43)cc2)c(C#N)c1. The highest BCUT2D eigenvalue weighted by Gasteiger charge is 2.18. The van der Waals surface area contributed by atoms with Crippen molar-refractivity contribution >= 4 is 71.1 Å². The van der Waals surface area contributed by atoms with Crippen LogP contribution in [-0.2, 0) is 0 Å². The van der Waals surface area contributed by atoms with Crippen molar-refractivity contribution < 1.29 is 0 Å². The molecule has 3 aromatic heterocycles. The smallest absolute Gasteiger partial charge is 0.188 e. The summed E-state index contributed by atoms with van der Waals surface area (Å²) in [5, 5.41) is 17.5. The zero-order valence-electron chi connectivity index (χ0n) is 29.5. The summed E-state index contributed by atoms with van der Waals surface area (Å²) in [6.45, 7) is 7.54. The van der Waals surface area contributed by atoms with Crippen molar-refractivity contribution in [1.82, 2.24) is 13.7 Å². The van der Waals surface area contributed by atoms with E-state index in [1.165, 1.54) is 32.6 Å². The first-order valence-electron chi connectivity index (χ1n) is 18.3. The Morgan fingerprint density at radius 1 is 0.400 bits per heavy atom. The van der Waals surface area contributed by atoms with Crippen LogP contribution in [0.25, 0.3) is 98.5 Å². The molecule has 0 amide bonds. The summed E-state index contributed by atoms with van der Waals surface area (Å²) in [6, 6.07) is 63.8. The topological polar surface area (TPSA) is 42.9 Å². The maximum Gasteiger partial charge on any atom is 0.188 e. The zero-order chi connectivity index (χ0) is 36.6. The molecule has 254 valence electrons. The largest absolute Gasteiger partial charge is 0.309 e. The molecule has 0 radical (unpaired) electrons. The van der Waals surface area contributed by atoms with E-state index in [9.17, 15) is 5.26 Å². The molecule has 0 fully saturated rings. The third-order valence-corrected chi connectivity index (χ3v) is 11.1. The fraction of sp³-hybridized carbons (Fsp3) is 0. The third kappa shape index (κ3) is 4.51. The van der Waals surface area contributed by atoms with Crippen LogP contribution in [0.2, 0.25) is 0 Å². The van der Waals surface area contributed by atoms with Crippen LogP contribution < -0.4 is 0 Å². The van der Waals surface area contributed by atoms with Gasteiger partial charge in [0.15, 0.2) is 5.69 Å². The van der Waals surface area contributed by atoms with Crippen LogP contribution in [0.4, 0.5) is 5.69 Å². The van der Waals surface area contributed by atoms with Crippen molar-refractivity contribution in [3.63, 3.8) is 0 Å². The molecule has 0 aliphatic heterocycles. The van der Waals surface area contributed by atoms with E-state index in [1.54, 1.807) is 0 Å². The van der Waals surface area contributed by atoms with E-state index in [-0.39, 0.29) is 0 Å². The van der Waals surface area contributed by atoms with Gasteiger partial charge in [-0.15, -0.1) is 0 Å². The van der Waals surface area contributed by atoms with Gasteiger partial charge in [-0.05, 0) is 89.3 Å². The number of aromatic nitrogens is 3. The third-order valence-electron chi connectivity index (χ3n) is 11.1. The Morgan fingerprint density at radius 3 is 1.42 bits per heavy atom. The van der Waals surface area contributed by atoms with Crippen molar-refractivity contribution in [2.45, 2.75) is 0 Å². The predicted octanol–water partition coefficient (Wildman–Crippen LogP) is 13.1. The fourth-order valence-corrected chi connectivity index (χ4v) is 8.69. The van der Waals surface area contributed by atoms with E-state index in [0.29, 0.717) is 11.3 Å². The number of rotatable bonds is 4. The molecule has 0 saturated carbocycles. The molecule has 0 N–H and O–H groups in total. The number of nitriles is 1. The minimum Gasteiger partial charge on any atom is -0.309 e. The van der Waals surface area contributed by atoms with Crippen molar-refractivity contribution in [3.8, 4) is 34.3 Å². The molecule has 5 nitrogen and oxygen atoms in total. The van der Waals surface area contributed by atoms with Gasteiger partial charge in [-0.25, -0.2) is 4.85 Å². The highest BCUT2D eigenvalue weighted by Crippen LogP contribution is 2.39. The molecule has 11 aromatic rings. The number of fused-ring (bicyclic) bond motifs is 9. The molecule has 0 saturated heterocycles. The Morgan fingerprint density at radius 2 is 0.855 bits per heavy atom. The number of benzene rings is 8. The van der Waals surface area contributed by atoms with Gasteiger partial charge in [0.05, 0.1) is 51.3 Å². The molecule has 0 aliphatic rings. The number of para-hydroxylation sites is 4. The number of nitrogens with zero attached hydrogens (tertiary/aromatic N) is 5. The van der Waals surface area contributed by atoms with Gasteiger partial charge in [0, 0.05) is 44.0 Å². The summed E-state index contributed by atoms with van der Waals surface area (Å²) < 4.78 is 6.90. The monoisotopic (exact) mass is 699 g/mol. The predicted molar refractivity (Wildman–Crippen MR) is 226 cm³/mol. The molecular formula is C50H29N5. The van der Waals surface area contributed by atoms with Crippen LogP contribution in [0.1, 0.15) is 5.56 Å². The number of hydrogen-bond donors (Lipinski definition) is 0. The summed E-state index contributed by atoms with van der Waals surface area (Å²) in [7, 11) is 0. The van der Waals surface area contributed by atoms with Crippen LogP contribution >= 0.6 is 0 Å². The highest BCUT2D eigenvalue weighted by atomic mass is 15.0. The number of hydrogen-bond acceptors (Lipinski definition) is 1. The summed E-state index contributed by atoms with van der Waals surface area (Å²) in [5.41, 5.74) is 12.8. The first kappa shape index (κ1) is 30.7. The molecule has 5 heteroatoms. The van der Waals surface area contributed by atoms with Crippen LogP contribution in [0.3, 0.4) is 0 Å². The van der Waals surface area contributed by atoms with E-state index in [1.807, 2.05) is 36.4 Å². The van der Waals surface area contributed by atoms with E-state index in [2.05, 4.69) is 164 Å². The molecule has 0 atom stereocenters. The Bertz CT molecular complexity index is 3400. The van der Waals surface area contributed by atoms with E-state index >= 15 is 0 Å². The second-order valence-electron chi connectivity index (χ2n) is 14.0. The molecule has 0 aliphatic carbocycles. The minimum absolute atomic E-state index is 0.599. The first-order valence-corrected chi connectivity index (χ1v) is 18.3. The Labute approximate surface area is 316 Å². The standard InChI is InChI=1S/C50H29N5/c1-52-34-20-27-49-44(29-34)42-13-5-9-17-48(42)54(49)36-23-25-38(33(28-36)31-51)32-18-21-35(22-19-32)53-45-14-6-4-12-41(45)43-26-24-37(30-50(43)53)55-46-15-7-2-10-39(46)40-11-3-8-16-47(40)55/h2-30H. The van der Waals surface area contributed by atoms with Gasteiger partial charge >= 0.3 is 0 Å². The Hall–Kier alpha value is -7.86. The highest BCUT2D eigenvalue weighted by molar-refractivity contribution is 6.12. The average Bonchev–Trinajstić information content (AvgIpc) is 3.88. The van der Waals surface area contributed by atoms with Gasteiger partial charge in [-0.3, -0.25) is 0 Å². The van der Waals surface area contributed by atoms with Gasteiger partial charge in [0.25, 0.3) is 0 Å². The quantitative estimate of drug-likeness (QED) is 0.169. The van der Waals surface area contributed by atoms with E-state index in [0.717, 1.165) is 61.0 Å². The second-order valence-corrected chi connectivity index (χ2v) is 14.0. The molecule has 8 aromatic carbocycles. The average molecular weight is 700 g/mol. The second kappa shape index (κ2) is 11.8. The molecule has 11 rings (SSSR count). The van der Waals surface area contributed by atoms with Gasteiger partial charge in [0.1, 0.15) is 0 Å². The first-order chi connectivity index (χ1) is 27.2. The summed E-state index contributed by atoms with van der Waals surface area (Å²) in [4.78, 5) is 3.66. The van der Waals surface area contributed by atoms with Crippen molar-refractivity contribution in [1.29, 1.82) is 5.26 Å². The Kier molecular flexibility index (Phi) is 6.61. The summed E-state index contributed by atoms with van der Waals surface area (Å²) in [5.74, 6) is 0. The van der Waals surface area contributed by atoms with Gasteiger partial charge in [0.2, 0.25) is 0 Å².